The Balaban J connectivity index is 2.69. The molecule has 5 heteroatoms. The molecule has 0 amide bonds. The van der Waals surface area contributed by atoms with E-state index < -0.39 is 5.97 Å². The molecule has 0 saturated carbocycles. The van der Waals surface area contributed by atoms with Gasteiger partial charge < -0.3 is 5.11 Å². The van der Waals surface area contributed by atoms with Crippen LogP contribution in [0.3, 0.4) is 0 Å². The number of thioether (sulfide) groups is 1. The highest BCUT2D eigenvalue weighted by Crippen LogP contribution is 2.27. The predicted molar refractivity (Wildman–Crippen MR) is 81.1 cm³/mol. The number of carboxylic acids is 1. The van der Waals surface area contributed by atoms with Crippen LogP contribution in [0, 0.1) is 0 Å². The van der Waals surface area contributed by atoms with Crippen molar-refractivity contribution in [1.29, 1.82) is 0 Å². The highest BCUT2D eigenvalue weighted by atomic mass is 32.2. The zero-order chi connectivity index (χ0) is 14.7. The average Bonchev–Trinajstić information content (AvgIpc) is 2.89. The lowest BCUT2D eigenvalue weighted by atomic mass is 10.1. The van der Waals surface area contributed by atoms with Crippen LogP contribution in [-0.4, -0.2) is 27.1 Å². The molecule has 0 aliphatic heterocycles. The van der Waals surface area contributed by atoms with Crippen molar-refractivity contribution in [3.8, 4) is 5.69 Å². The van der Waals surface area contributed by atoms with E-state index in [0.29, 0.717) is 11.3 Å². The van der Waals surface area contributed by atoms with Crippen LogP contribution in [0.5, 0.6) is 0 Å². The van der Waals surface area contributed by atoms with Gasteiger partial charge in [0.2, 0.25) is 0 Å². The average molecular weight is 290 g/mol. The van der Waals surface area contributed by atoms with Gasteiger partial charge in [0.25, 0.3) is 0 Å². The lowest BCUT2D eigenvalue weighted by molar-refractivity contribution is 0.0693. The van der Waals surface area contributed by atoms with Crippen molar-refractivity contribution in [3.05, 3.63) is 41.2 Å². The maximum Gasteiger partial charge on any atom is 0.339 e. The van der Waals surface area contributed by atoms with Crippen LogP contribution in [0.4, 0.5) is 0 Å². The minimum atomic E-state index is -0.916. The fourth-order valence-electron chi connectivity index (χ4n) is 2.19. The Labute approximate surface area is 122 Å². The maximum atomic E-state index is 11.6. The molecule has 1 aromatic carbocycles. The van der Waals surface area contributed by atoms with E-state index in [9.17, 15) is 9.90 Å². The smallest absolute Gasteiger partial charge is 0.339 e. The predicted octanol–water partition coefficient (Wildman–Crippen LogP) is 3.42. The topological polar surface area (TPSA) is 55.1 Å². The van der Waals surface area contributed by atoms with E-state index in [2.05, 4.69) is 5.10 Å². The highest BCUT2D eigenvalue weighted by molar-refractivity contribution is 7.98. The van der Waals surface area contributed by atoms with Gasteiger partial charge in [-0.25, -0.2) is 9.48 Å². The molecule has 1 N–H and O–H groups in total. The van der Waals surface area contributed by atoms with Crippen LogP contribution in [0.25, 0.3) is 5.69 Å². The minimum Gasteiger partial charge on any atom is -0.478 e. The number of aryl methyl sites for hydroxylation is 2. The van der Waals surface area contributed by atoms with Crippen molar-refractivity contribution < 1.29 is 9.90 Å². The van der Waals surface area contributed by atoms with Gasteiger partial charge in [-0.05, 0) is 37.3 Å². The van der Waals surface area contributed by atoms with E-state index in [1.807, 2.05) is 44.4 Å². The number of nitrogens with zero attached hydrogens (tertiary/aromatic N) is 2. The second kappa shape index (κ2) is 6.13. The van der Waals surface area contributed by atoms with Crippen molar-refractivity contribution in [2.24, 2.45) is 0 Å². The first-order chi connectivity index (χ1) is 9.62. The van der Waals surface area contributed by atoms with Gasteiger partial charge >= 0.3 is 5.97 Å². The molecule has 0 fully saturated rings. The monoisotopic (exact) mass is 290 g/mol. The zero-order valence-electron chi connectivity index (χ0n) is 11.9. The molecular formula is C15H18N2O2S. The summed E-state index contributed by atoms with van der Waals surface area (Å²) in [6, 6.07) is 7.56. The second-order valence-corrected chi connectivity index (χ2v) is 5.25. The molecule has 1 aromatic heterocycles. The van der Waals surface area contributed by atoms with Crippen molar-refractivity contribution in [2.75, 3.05) is 6.26 Å². The normalized spacial score (nSPS) is 10.8. The van der Waals surface area contributed by atoms with Crippen LogP contribution < -0.4 is 0 Å². The summed E-state index contributed by atoms with van der Waals surface area (Å²) in [6.45, 7) is 4.09. The molecule has 0 unspecified atom stereocenters. The summed E-state index contributed by atoms with van der Waals surface area (Å²) in [7, 11) is 0. The molecule has 0 aliphatic rings. The molecule has 2 aromatic rings. The third-order valence-electron chi connectivity index (χ3n) is 3.22. The first-order valence-corrected chi connectivity index (χ1v) is 7.83. The quantitative estimate of drug-likeness (QED) is 0.857. The molecular weight excluding hydrogens is 272 g/mol. The largest absolute Gasteiger partial charge is 0.478 e. The standard InChI is InChI=1S/C15H18N2O2S/c1-4-10-9-11(5-2)17(16-10)12-7-6-8-13(20-3)14(12)15(18)19/h6-9H,4-5H2,1-3H3,(H,18,19). The lowest BCUT2D eigenvalue weighted by Crippen LogP contribution is -2.10. The number of aromatic nitrogens is 2. The van der Waals surface area contributed by atoms with E-state index in [4.69, 9.17) is 0 Å². The number of rotatable bonds is 5. The fraction of sp³-hybridized carbons (Fsp3) is 0.333. The molecule has 0 saturated heterocycles. The second-order valence-electron chi connectivity index (χ2n) is 4.41. The van der Waals surface area contributed by atoms with Gasteiger partial charge in [-0.3, -0.25) is 0 Å². The Hall–Kier alpha value is -1.75. The van der Waals surface area contributed by atoms with Crippen LogP contribution in [0.2, 0.25) is 0 Å². The summed E-state index contributed by atoms with van der Waals surface area (Å²) in [6.07, 6.45) is 3.53. The highest BCUT2D eigenvalue weighted by Gasteiger charge is 2.19. The Morgan fingerprint density at radius 2 is 2.10 bits per heavy atom. The molecule has 4 nitrogen and oxygen atoms in total. The number of carboxylic acid groups (broad SMARTS) is 1. The summed E-state index contributed by atoms with van der Waals surface area (Å²) in [5.41, 5.74) is 2.97. The Morgan fingerprint density at radius 1 is 1.35 bits per heavy atom. The third kappa shape index (κ3) is 2.58. The first-order valence-electron chi connectivity index (χ1n) is 6.60. The van der Waals surface area contributed by atoms with Crippen molar-refractivity contribution >= 4 is 17.7 Å². The SMILES string of the molecule is CCc1cc(CC)n(-c2cccc(SC)c2C(=O)O)n1. The molecule has 20 heavy (non-hydrogen) atoms. The number of carbonyl (C=O) groups is 1. The molecule has 106 valence electrons. The Morgan fingerprint density at radius 3 is 2.65 bits per heavy atom. The Kier molecular flexibility index (Phi) is 4.49. The van der Waals surface area contributed by atoms with E-state index >= 15 is 0 Å². The van der Waals surface area contributed by atoms with Crippen molar-refractivity contribution in [1.82, 2.24) is 9.78 Å². The third-order valence-corrected chi connectivity index (χ3v) is 4.00. The molecule has 1 heterocycles. The molecule has 0 spiro atoms. The summed E-state index contributed by atoms with van der Waals surface area (Å²) in [5.74, 6) is -0.916. The van der Waals surface area contributed by atoms with Gasteiger partial charge in [-0.2, -0.15) is 5.10 Å². The lowest BCUT2D eigenvalue weighted by Gasteiger charge is -2.12. The van der Waals surface area contributed by atoms with Crippen molar-refractivity contribution in [3.63, 3.8) is 0 Å². The number of hydrogen-bond donors (Lipinski definition) is 1. The molecule has 0 atom stereocenters. The number of benzene rings is 1. The van der Waals surface area contributed by atoms with Gasteiger partial charge in [-0.15, -0.1) is 11.8 Å². The molecule has 0 bridgehead atoms. The summed E-state index contributed by atoms with van der Waals surface area (Å²) < 4.78 is 1.77. The Bertz CT molecular complexity index is 635. The van der Waals surface area contributed by atoms with E-state index in [0.717, 1.165) is 29.1 Å². The summed E-state index contributed by atoms with van der Waals surface area (Å²) in [4.78, 5) is 12.4. The van der Waals surface area contributed by atoms with Gasteiger partial charge in [0.05, 0.1) is 16.9 Å². The van der Waals surface area contributed by atoms with Gasteiger partial charge in [-0.1, -0.05) is 19.9 Å². The molecule has 2 rings (SSSR count). The molecule has 0 radical (unpaired) electrons. The fourth-order valence-corrected chi connectivity index (χ4v) is 2.80. The van der Waals surface area contributed by atoms with E-state index in [-0.39, 0.29) is 0 Å². The van der Waals surface area contributed by atoms with Crippen LogP contribution in [0.15, 0.2) is 29.2 Å². The van der Waals surface area contributed by atoms with Crippen LogP contribution >= 0.6 is 11.8 Å². The summed E-state index contributed by atoms with van der Waals surface area (Å²) >= 11 is 1.44. The van der Waals surface area contributed by atoms with E-state index in [1.165, 1.54) is 11.8 Å². The van der Waals surface area contributed by atoms with Gasteiger partial charge in [0.15, 0.2) is 0 Å². The van der Waals surface area contributed by atoms with E-state index in [1.54, 1.807) is 4.68 Å². The van der Waals surface area contributed by atoms with Gasteiger partial charge in [0.1, 0.15) is 0 Å². The van der Waals surface area contributed by atoms with Crippen molar-refractivity contribution in [2.45, 2.75) is 31.6 Å². The summed E-state index contributed by atoms with van der Waals surface area (Å²) in [5, 5.41) is 14.0. The molecule has 0 aliphatic carbocycles. The van der Waals surface area contributed by atoms with Crippen LogP contribution in [0.1, 0.15) is 35.6 Å². The van der Waals surface area contributed by atoms with Crippen LogP contribution in [-0.2, 0) is 12.8 Å². The first kappa shape index (κ1) is 14.7. The maximum absolute atomic E-state index is 11.6. The number of aromatic carboxylic acids is 1. The number of hydrogen-bond acceptors (Lipinski definition) is 3. The zero-order valence-corrected chi connectivity index (χ0v) is 12.7. The minimum absolute atomic E-state index is 0.320. The van der Waals surface area contributed by atoms with Gasteiger partial charge in [0, 0.05) is 10.6 Å².